The number of fused-ring (bicyclic) bond motifs is 1. The Kier molecular flexibility index (Phi) is 2.44. The molecule has 1 aromatic heterocycles. The first-order valence-electron chi connectivity index (χ1n) is 5.72. The number of aliphatic hydroxyl groups excluding tert-OH is 1. The van der Waals surface area contributed by atoms with Crippen molar-refractivity contribution >= 4 is 0 Å². The molecule has 1 atom stereocenters. The van der Waals surface area contributed by atoms with Crippen LogP contribution in [0.25, 0.3) is 11.3 Å². The van der Waals surface area contributed by atoms with E-state index >= 15 is 0 Å². The van der Waals surface area contributed by atoms with E-state index < -0.39 is 0 Å². The highest BCUT2D eigenvalue weighted by Gasteiger charge is 2.23. The van der Waals surface area contributed by atoms with Gasteiger partial charge in [0.05, 0.1) is 18.3 Å². The molecule has 0 unspecified atom stereocenters. The Balaban J connectivity index is 1.98. The second kappa shape index (κ2) is 3.96. The maximum atomic E-state index is 12.8. The average molecular weight is 232 g/mol. The highest BCUT2D eigenvalue weighted by Crippen LogP contribution is 2.29. The van der Waals surface area contributed by atoms with Crippen molar-refractivity contribution in [2.24, 2.45) is 0 Å². The predicted molar refractivity (Wildman–Crippen MR) is 62.1 cm³/mol. The van der Waals surface area contributed by atoms with Crippen LogP contribution in [0.3, 0.4) is 0 Å². The molecule has 0 aliphatic carbocycles. The molecule has 2 aromatic rings. The lowest BCUT2D eigenvalue weighted by Crippen LogP contribution is -2.06. The molecule has 0 saturated heterocycles. The van der Waals surface area contributed by atoms with Crippen molar-refractivity contribution in [3.05, 3.63) is 42.1 Å². The highest BCUT2D eigenvalue weighted by molar-refractivity contribution is 5.58. The molecule has 1 aliphatic heterocycles. The molecule has 0 spiro atoms. The van der Waals surface area contributed by atoms with E-state index in [9.17, 15) is 9.50 Å². The molecule has 0 saturated carbocycles. The van der Waals surface area contributed by atoms with Gasteiger partial charge >= 0.3 is 0 Å². The van der Waals surface area contributed by atoms with Gasteiger partial charge in [0.25, 0.3) is 0 Å². The third-order valence-corrected chi connectivity index (χ3v) is 3.25. The number of hydrogen-bond donors (Lipinski definition) is 1. The molecule has 1 aromatic carbocycles. The van der Waals surface area contributed by atoms with Gasteiger partial charge in [-0.05, 0) is 30.7 Å². The molecule has 17 heavy (non-hydrogen) atoms. The molecule has 3 rings (SSSR count). The Bertz CT molecular complexity index is 533. The van der Waals surface area contributed by atoms with Crippen LogP contribution in [0, 0.1) is 5.82 Å². The number of benzene rings is 1. The third-order valence-electron chi connectivity index (χ3n) is 3.25. The molecule has 4 heteroatoms. The summed E-state index contributed by atoms with van der Waals surface area (Å²) in [6.07, 6.45) is 3.78. The van der Waals surface area contributed by atoms with Gasteiger partial charge in [0, 0.05) is 18.2 Å². The first kappa shape index (κ1) is 10.5. The van der Waals surface area contributed by atoms with Crippen molar-refractivity contribution in [1.29, 1.82) is 0 Å². The lowest BCUT2D eigenvalue weighted by atomic mass is 10.1. The lowest BCUT2D eigenvalue weighted by Gasteiger charge is -2.07. The molecule has 0 radical (unpaired) electrons. The number of imidazole rings is 1. The fraction of sp³-hybridized carbons (Fsp3) is 0.308. The van der Waals surface area contributed by atoms with Gasteiger partial charge in [-0.2, -0.15) is 0 Å². The number of aliphatic hydroxyl groups is 1. The quantitative estimate of drug-likeness (QED) is 0.861. The average Bonchev–Trinajstić information content (AvgIpc) is 2.89. The minimum atomic E-state index is -0.242. The Morgan fingerprint density at radius 2 is 2.12 bits per heavy atom. The number of halogens is 1. The number of aromatic nitrogens is 2. The Morgan fingerprint density at radius 1 is 1.35 bits per heavy atom. The van der Waals surface area contributed by atoms with Crippen molar-refractivity contribution in [3.63, 3.8) is 0 Å². The van der Waals surface area contributed by atoms with Crippen molar-refractivity contribution in [3.8, 4) is 11.3 Å². The van der Waals surface area contributed by atoms with E-state index in [1.165, 1.54) is 12.1 Å². The smallest absolute Gasteiger partial charge is 0.123 e. The number of hydrogen-bond acceptors (Lipinski definition) is 2. The molecule has 0 bridgehead atoms. The summed E-state index contributed by atoms with van der Waals surface area (Å²) in [5, 5.41) is 9.23. The van der Waals surface area contributed by atoms with E-state index in [2.05, 4.69) is 4.98 Å². The van der Waals surface area contributed by atoms with Crippen LogP contribution in [-0.4, -0.2) is 21.3 Å². The Morgan fingerprint density at radius 3 is 2.82 bits per heavy atom. The van der Waals surface area contributed by atoms with E-state index in [-0.39, 0.29) is 18.5 Å². The fourth-order valence-electron chi connectivity index (χ4n) is 2.31. The van der Waals surface area contributed by atoms with Crippen LogP contribution in [0.1, 0.15) is 18.3 Å². The summed E-state index contributed by atoms with van der Waals surface area (Å²) in [6, 6.07) is 6.46. The summed E-state index contributed by atoms with van der Waals surface area (Å²) in [5.41, 5.74) is 1.75. The van der Waals surface area contributed by atoms with Gasteiger partial charge in [-0.1, -0.05) is 0 Å². The molecule has 1 aliphatic rings. The molecule has 2 heterocycles. The SMILES string of the molecule is OC[C@@H]1CCc2nc(-c3ccc(F)cc3)cn21. The molecule has 1 N–H and O–H groups in total. The second-order valence-corrected chi connectivity index (χ2v) is 4.33. The van der Waals surface area contributed by atoms with Crippen LogP contribution in [0.4, 0.5) is 4.39 Å². The van der Waals surface area contributed by atoms with Gasteiger partial charge in [-0.3, -0.25) is 0 Å². The van der Waals surface area contributed by atoms with Crippen LogP contribution in [0.2, 0.25) is 0 Å². The monoisotopic (exact) mass is 232 g/mol. The van der Waals surface area contributed by atoms with E-state index in [0.717, 1.165) is 29.9 Å². The van der Waals surface area contributed by atoms with Crippen molar-refractivity contribution in [2.45, 2.75) is 18.9 Å². The predicted octanol–water partition coefficient (Wildman–Crippen LogP) is 2.17. The maximum absolute atomic E-state index is 12.8. The van der Waals surface area contributed by atoms with Crippen LogP contribution < -0.4 is 0 Å². The first-order valence-corrected chi connectivity index (χ1v) is 5.72. The van der Waals surface area contributed by atoms with Gasteiger partial charge in [-0.15, -0.1) is 0 Å². The molecule has 88 valence electrons. The summed E-state index contributed by atoms with van der Waals surface area (Å²) >= 11 is 0. The standard InChI is InChI=1S/C13H13FN2O/c14-10-3-1-9(2-4-10)12-7-16-11(8-17)5-6-13(16)15-12/h1-4,7,11,17H,5-6,8H2/t11-/m0/s1. The first-order chi connectivity index (χ1) is 8.28. The van der Waals surface area contributed by atoms with Gasteiger partial charge in [0.15, 0.2) is 0 Å². The summed E-state index contributed by atoms with van der Waals surface area (Å²) in [4.78, 5) is 4.52. The summed E-state index contributed by atoms with van der Waals surface area (Å²) < 4.78 is 14.8. The zero-order valence-corrected chi connectivity index (χ0v) is 9.31. The molecular formula is C13H13FN2O. The molecule has 3 nitrogen and oxygen atoms in total. The van der Waals surface area contributed by atoms with Crippen LogP contribution >= 0.6 is 0 Å². The van der Waals surface area contributed by atoms with E-state index in [0.29, 0.717) is 0 Å². The van der Waals surface area contributed by atoms with E-state index in [4.69, 9.17) is 0 Å². The number of aryl methyl sites for hydroxylation is 1. The van der Waals surface area contributed by atoms with Crippen LogP contribution in [0.5, 0.6) is 0 Å². The summed E-state index contributed by atoms with van der Waals surface area (Å²) in [5.74, 6) is 0.761. The minimum Gasteiger partial charge on any atom is -0.394 e. The van der Waals surface area contributed by atoms with Crippen molar-refractivity contribution in [2.75, 3.05) is 6.61 Å². The van der Waals surface area contributed by atoms with Crippen LogP contribution in [0.15, 0.2) is 30.5 Å². The van der Waals surface area contributed by atoms with Gasteiger partial charge < -0.3 is 9.67 Å². The Hall–Kier alpha value is -1.68. The second-order valence-electron chi connectivity index (χ2n) is 4.33. The van der Waals surface area contributed by atoms with Crippen molar-refractivity contribution < 1.29 is 9.50 Å². The van der Waals surface area contributed by atoms with E-state index in [1.54, 1.807) is 12.1 Å². The van der Waals surface area contributed by atoms with Gasteiger partial charge in [0.1, 0.15) is 11.6 Å². The number of rotatable bonds is 2. The molecular weight excluding hydrogens is 219 g/mol. The van der Waals surface area contributed by atoms with Crippen molar-refractivity contribution in [1.82, 2.24) is 9.55 Å². The molecule has 0 fully saturated rings. The lowest BCUT2D eigenvalue weighted by molar-refractivity contribution is 0.233. The third kappa shape index (κ3) is 1.74. The van der Waals surface area contributed by atoms with Crippen LogP contribution in [-0.2, 0) is 6.42 Å². The summed E-state index contributed by atoms with van der Waals surface area (Å²) in [7, 11) is 0. The fourth-order valence-corrected chi connectivity index (χ4v) is 2.31. The number of nitrogens with zero attached hydrogens (tertiary/aromatic N) is 2. The topological polar surface area (TPSA) is 38.1 Å². The van der Waals surface area contributed by atoms with E-state index in [1.807, 2.05) is 10.8 Å². The Labute approximate surface area is 98.5 Å². The zero-order chi connectivity index (χ0) is 11.8. The normalized spacial score (nSPS) is 18.4. The minimum absolute atomic E-state index is 0.145. The molecule has 0 amide bonds. The highest BCUT2D eigenvalue weighted by atomic mass is 19.1. The largest absolute Gasteiger partial charge is 0.394 e. The van der Waals surface area contributed by atoms with Gasteiger partial charge in [-0.25, -0.2) is 9.37 Å². The maximum Gasteiger partial charge on any atom is 0.123 e. The zero-order valence-electron chi connectivity index (χ0n) is 9.31. The van der Waals surface area contributed by atoms with Gasteiger partial charge in [0.2, 0.25) is 0 Å². The summed E-state index contributed by atoms with van der Waals surface area (Å²) in [6.45, 7) is 0.145.